The van der Waals surface area contributed by atoms with Crippen molar-refractivity contribution in [1.29, 1.82) is 0 Å². The number of carbonyl (C=O) groups is 1. The minimum Gasteiger partial charge on any atom is -0.337 e. The highest BCUT2D eigenvalue weighted by Gasteiger charge is 2.29. The molecule has 0 aliphatic carbocycles. The van der Waals surface area contributed by atoms with E-state index in [2.05, 4.69) is 34.4 Å². The minimum absolute atomic E-state index is 0.177. The maximum absolute atomic E-state index is 12.7. The Morgan fingerprint density at radius 3 is 2.68 bits per heavy atom. The number of fused-ring (bicyclic) bond motifs is 1. The van der Waals surface area contributed by atoms with Gasteiger partial charge >= 0.3 is 0 Å². The van der Waals surface area contributed by atoms with E-state index in [0.29, 0.717) is 24.4 Å². The van der Waals surface area contributed by atoms with Crippen LogP contribution in [0.4, 0.5) is 0 Å². The zero-order chi connectivity index (χ0) is 19.7. The van der Waals surface area contributed by atoms with Gasteiger partial charge < -0.3 is 9.47 Å². The number of piperidine rings is 1. The normalized spacial score (nSPS) is 20.0. The predicted octanol–water partition coefficient (Wildman–Crippen LogP) is 2.49. The zero-order valence-corrected chi connectivity index (χ0v) is 17.3. The third kappa shape index (κ3) is 3.63. The topological polar surface area (TPSA) is 81.7 Å². The maximum atomic E-state index is 12.7. The summed E-state index contributed by atoms with van der Waals surface area (Å²) < 4.78 is 3.74. The van der Waals surface area contributed by atoms with Crippen LogP contribution in [0.2, 0.25) is 0 Å². The van der Waals surface area contributed by atoms with E-state index in [1.54, 1.807) is 0 Å². The molecule has 148 valence electrons. The first-order valence-corrected chi connectivity index (χ1v) is 10.6. The average Bonchev–Trinajstić information content (AvgIpc) is 3.24. The van der Waals surface area contributed by atoms with E-state index in [1.807, 2.05) is 45.5 Å². The van der Waals surface area contributed by atoms with Gasteiger partial charge in [-0.25, -0.2) is 4.68 Å². The van der Waals surface area contributed by atoms with E-state index in [0.717, 1.165) is 34.9 Å². The van der Waals surface area contributed by atoms with E-state index in [-0.39, 0.29) is 5.91 Å². The smallest absolute Gasteiger partial charge is 0.233 e. The first-order valence-electron chi connectivity index (χ1n) is 9.65. The molecule has 0 radical (unpaired) electrons. The predicted molar refractivity (Wildman–Crippen MR) is 108 cm³/mol. The summed E-state index contributed by atoms with van der Waals surface area (Å²) in [4.78, 5) is 14.8. The van der Waals surface area contributed by atoms with Crippen molar-refractivity contribution < 1.29 is 4.79 Å². The summed E-state index contributed by atoms with van der Waals surface area (Å²) in [6, 6.07) is 8.46. The number of benzene rings is 1. The van der Waals surface area contributed by atoms with Crippen LogP contribution in [0, 0.1) is 0 Å². The van der Waals surface area contributed by atoms with Gasteiger partial charge in [-0.3, -0.25) is 4.79 Å². The summed E-state index contributed by atoms with van der Waals surface area (Å²) in [5.41, 5.74) is 1.82. The van der Waals surface area contributed by atoms with Gasteiger partial charge in [-0.2, -0.15) is 0 Å². The number of nitrogens with zero attached hydrogens (tertiary/aromatic N) is 7. The van der Waals surface area contributed by atoms with Gasteiger partial charge in [0.2, 0.25) is 5.91 Å². The van der Waals surface area contributed by atoms with Crippen LogP contribution in [0.15, 0.2) is 29.4 Å². The largest absolute Gasteiger partial charge is 0.337 e. The molecule has 28 heavy (non-hydrogen) atoms. The molecule has 4 rings (SSSR count). The standard InChI is InChI=1S/C19H25N7OS/c1-13-7-6-8-14(2)26(13)18(27)12-28-19-22-21-17(24(19)3)11-25-16-10-5-4-9-15(16)20-23-25/h4-5,9-10,13-14H,6-8,11-12H2,1-3H3/t13-,14+. The number of para-hydroxylation sites is 1. The second-order valence-corrected chi connectivity index (χ2v) is 8.35. The highest BCUT2D eigenvalue weighted by atomic mass is 32.2. The van der Waals surface area contributed by atoms with Gasteiger partial charge in [0.05, 0.1) is 11.3 Å². The Kier molecular flexibility index (Phi) is 5.34. The maximum Gasteiger partial charge on any atom is 0.233 e. The average molecular weight is 400 g/mol. The molecule has 1 saturated heterocycles. The van der Waals surface area contributed by atoms with Crippen molar-refractivity contribution in [2.45, 2.75) is 56.9 Å². The lowest BCUT2D eigenvalue weighted by molar-refractivity contribution is -0.134. The van der Waals surface area contributed by atoms with Gasteiger partial charge in [0.25, 0.3) is 0 Å². The number of rotatable bonds is 5. The van der Waals surface area contributed by atoms with Crippen LogP contribution >= 0.6 is 11.8 Å². The van der Waals surface area contributed by atoms with Crippen molar-refractivity contribution in [3.05, 3.63) is 30.1 Å². The second kappa shape index (κ2) is 7.90. The number of amides is 1. The summed E-state index contributed by atoms with van der Waals surface area (Å²) in [6.45, 7) is 4.76. The van der Waals surface area contributed by atoms with Gasteiger partial charge in [0.1, 0.15) is 12.1 Å². The fourth-order valence-electron chi connectivity index (χ4n) is 3.89. The van der Waals surface area contributed by atoms with E-state index >= 15 is 0 Å². The van der Waals surface area contributed by atoms with Crippen LogP contribution in [-0.2, 0) is 18.4 Å². The van der Waals surface area contributed by atoms with Crippen LogP contribution in [0.5, 0.6) is 0 Å². The van der Waals surface area contributed by atoms with Crippen LogP contribution < -0.4 is 0 Å². The molecule has 1 aliphatic rings. The molecule has 2 aromatic heterocycles. The Balaban J connectivity index is 1.43. The molecule has 1 amide bonds. The number of thioether (sulfide) groups is 1. The molecule has 1 aromatic carbocycles. The lowest BCUT2D eigenvalue weighted by Crippen LogP contribution is -2.48. The van der Waals surface area contributed by atoms with Crippen molar-refractivity contribution in [1.82, 2.24) is 34.7 Å². The van der Waals surface area contributed by atoms with Crippen molar-refractivity contribution >= 4 is 28.7 Å². The van der Waals surface area contributed by atoms with Crippen LogP contribution in [0.3, 0.4) is 0 Å². The molecule has 0 N–H and O–H groups in total. The molecule has 0 unspecified atom stereocenters. The molecule has 8 nitrogen and oxygen atoms in total. The lowest BCUT2D eigenvalue weighted by atomic mass is 9.98. The van der Waals surface area contributed by atoms with E-state index in [4.69, 9.17) is 0 Å². The SMILES string of the molecule is C[C@@H]1CCC[C@H](C)N1C(=O)CSc1nnc(Cn2nnc3ccccc32)n1C. The summed E-state index contributed by atoms with van der Waals surface area (Å²) in [7, 11) is 1.92. The molecule has 0 saturated carbocycles. The third-order valence-corrected chi connectivity index (χ3v) is 6.45. The minimum atomic E-state index is 0.177. The Labute approximate surface area is 168 Å². The van der Waals surface area contributed by atoms with Gasteiger partial charge in [0, 0.05) is 19.1 Å². The van der Waals surface area contributed by atoms with Gasteiger partial charge in [0.15, 0.2) is 11.0 Å². The molecule has 1 fully saturated rings. The molecule has 0 spiro atoms. The molecule has 3 heterocycles. The summed E-state index contributed by atoms with van der Waals surface area (Å²) in [5.74, 6) is 1.34. The Morgan fingerprint density at radius 1 is 1.14 bits per heavy atom. The number of likely N-dealkylation sites (tertiary alicyclic amines) is 1. The molecule has 3 aromatic rings. The Morgan fingerprint density at radius 2 is 1.89 bits per heavy atom. The molecule has 1 aliphatic heterocycles. The van der Waals surface area contributed by atoms with Crippen molar-refractivity contribution in [3.8, 4) is 0 Å². The molecular formula is C19H25N7OS. The zero-order valence-electron chi connectivity index (χ0n) is 16.4. The van der Waals surface area contributed by atoms with Gasteiger partial charge in [-0.05, 0) is 45.2 Å². The van der Waals surface area contributed by atoms with E-state index < -0.39 is 0 Å². The van der Waals surface area contributed by atoms with Crippen molar-refractivity contribution in [2.24, 2.45) is 7.05 Å². The van der Waals surface area contributed by atoms with Crippen molar-refractivity contribution in [2.75, 3.05) is 5.75 Å². The number of hydrogen-bond acceptors (Lipinski definition) is 6. The van der Waals surface area contributed by atoms with Gasteiger partial charge in [-0.15, -0.1) is 15.3 Å². The highest BCUT2D eigenvalue weighted by molar-refractivity contribution is 7.99. The summed E-state index contributed by atoms with van der Waals surface area (Å²) >= 11 is 1.44. The van der Waals surface area contributed by atoms with Gasteiger partial charge in [-0.1, -0.05) is 29.1 Å². The first kappa shape index (κ1) is 18.9. The highest BCUT2D eigenvalue weighted by Crippen LogP contribution is 2.25. The number of carbonyl (C=O) groups excluding carboxylic acids is 1. The van der Waals surface area contributed by atoms with Crippen molar-refractivity contribution in [3.63, 3.8) is 0 Å². The van der Waals surface area contributed by atoms with Crippen LogP contribution in [0.25, 0.3) is 11.0 Å². The fourth-order valence-corrected chi connectivity index (χ4v) is 4.69. The molecular weight excluding hydrogens is 374 g/mol. The summed E-state index contributed by atoms with van der Waals surface area (Å²) in [5, 5.41) is 17.7. The molecule has 0 bridgehead atoms. The monoisotopic (exact) mass is 399 g/mol. The van der Waals surface area contributed by atoms with Crippen LogP contribution in [-0.4, -0.2) is 58.4 Å². The second-order valence-electron chi connectivity index (χ2n) is 7.41. The fraction of sp³-hybridized carbons (Fsp3) is 0.526. The molecule has 2 atom stereocenters. The summed E-state index contributed by atoms with van der Waals surface area (Å²) in [6.07, 6.45) is 3.37. The van der Waals surface area contributed by atoms with E-state index in [1.165, 1.54) is 18.2 Å². The van der Waals surface area contributed by atoms with E-state index in [9.17, 15) is 4.79 Å². The Hall–Kier alpha value is -2.42. The number of aromatic nitrogens is 6. The lowest BCUT2D eigenvalue weighted by Gasteiger charge is -2.39. The molecule has 9 heteroatoms. The Bertz CT molecular complexity index is 972. The quantitative estimate of drug-likeness (QED) is 0.613. The first-order chi connectivity index (χ1) is 13.5. The number of hydrogen-bond donors (Lipinski definition) is 0. The third-order valence-electron chi connectivity index (χ3n) is 5.44. The van der Waals surface area contributed by atoms with Crippen LogP contribution in [0.1, 0.15) is 38.9 Å².